The van der Waals surface area contributed by atoms with E-state index < -0.39 is 31.0 Å². The van der Waals surface area contributed by atoms with Crippen molar-refractivity contribution in [3.8, 4) is 0 Å². The van der Waals surface area contributed by atoms with Gasteiger partial charge in [-0.2, -0.15) is 0 Å². The molecular weight excluding hydrogens is 254 g/mol. The van der Waals surface area contributed by atoms with Crippen LogP contribution in [0, 0.1) is 0 Å². The van der Waals surface area contributed by atoms with Gasteiger partial charge in [-0.1, -0.05) is 26.2 Å². The van der Waals surface area contributed by atoms with E-state index in [-0.39, 0.29) is 6.29 Å². The lowest BCUT2D eigenvalue weighted by Crippen LogP contribution is -2.46. The van der Waals surface area contributed by atoms with Gasteiger partial charge in [-0.25, -0.2) is 0 Å². The van der Waals surface area contributed by atoms with Gasteiger partial charge in [0.05, 0.1) is 6.61 Å². The molecule has 0 saturated carbocycles. The number of carbonyl (C=O) groups excluding carboxylic acids is 1. The molecule has 4 atom stereocenters. The summed E-state index contributed by atoms with van der Waals surface area (Å²) < 4.78 is 0. The molecule has 0 aromatic carbocycles. The highest BCUT2D eigenvalue weighted by molar-refractivity contribution is 5.56. The Labute approximate surface area is 113 Å². The Morgan fingerprint density at radius 3 is 2.00 bits per heavy atom. The standard InChI is InChI=1S/C6H15N.C6H12O6/c1-2-3-4-5-6-7;7-1-3(9)5(11)6(12)4(10)2-8/h2-7H2,1H3;1,3-6,8-12H,2H2/t;3-,4+,5+,6+/m.0/s1. The van der Waals surface area contributed by atoms with Crippen molar-refractivity contribution < 1.29 is 30.3 Å². The summed E-state index contributed by atoms with van der Waals surface area (Å²) in [7, 11) is 0. The molecule has 0 fully saturated rings. The molecule has 0 aromatic rings. The second-order valence-electron chi connectivity index (χ2n) is 4.21. The maximum absolute atomic E-state index is 9.90. The van der Waals surface area contributed by atoms with Gasteiger partial charge in [-0.15, -0.1) is 0 Å². The molecule has 0 aliphatic heterocycles. The zero-order valence-electron chi connectivity index (χ0n) is 11.4. The minimum atomic E-state index is -1.79. The highest BCUT2D eigenvalue weighted by Crippen LogP contribution is 2.02. The zero-order chi connectivity index (χ0) is 15.3. The fourth-order valence-electron chi connectivity index (χ4n) is 1.19. The number of nitrogens with two attached hydrogens (primary N) is 1. The van der Waals surface area contributed by atoms with Crippen LogP contribution >= 0.6 is 0 Å². The molecule has 0 spiro atoms. The van der Waals surface area contributed by atoms with Crippen LogP contribution in [0.2, 0.25) is 0 Å². The first-order chi connectivity index (χ1) is 8.95. The molecule has 7 nitrogen and oxygen atoms in total. The first-order valence-electron chi connectivity index (χ1n) is 6.44. The van der Waals surface area contributed by atoms with Crippen LogP contribution in [0.3, 0.4) is 0 Å². The van der Waals surface area contributed by atoms with Gasteiger partial charge in [-0.05, 0) is 13.0 Å². The summed E-state index contributed by atoms with van der Waals surface area (Å²) in [6.45, 7) is 2.31. The fraction of sp³-hybridized carbons (Fsp3) is 0.917. The number of hydrogen-bond donors (Lipinski definition) is 6. The monoisotopic (exact) mass is 281 g/mol. The zero-order valence-corrected chi connectivity index (χ0v) is 11.4. The largest absolute Gasteiger partial charge is 0.394 e. The minimum absolute atomic E-state index is 0.0258. The molecule has 19 heavy (non-hydrogen) atoms. The lowest BCUT2D eigenvalue weighted by molar-refractivity contribution is -0.136. The molecule has 0 aliphatic carbocycles. The maximum atomic E-state index is 9.90. The predicted molar refractivity (Wildman–Crippen MR) is 70.4 cm³/mol. The highest BCUT2D eigenvalue weighted by Gasteiger charge is 2.29. The van der Waals surface area contributed by atoms with Crippen molar-refractivity contribution in [1.82, 2.24) is 0 Å². The van der Waals surface area contributed by atoms with E-state index in [1.807, 2.05) is 0 Å². The van der Waals surface area contributed by atoms with Crippen LogP contribution in [0.4, 0.5) is 0 Å². The van der Waals surface area contributed by atoms with E-state index in [4.69, 9.17) is 31.3 Å². The topological polar surface area (TPSA) is 144 Å². The van der Waals surface area contributed by atoms with Crippen molar-refractivity contribution in [1.29, 1.82) is 0 Å². The van der Waals surface area contributed by atoms with Gasteiger partial charge in [-0.3, -0.25) is 0 Å². The third kappa shape index (κ3) is 11.0. The van der Waals surface area contributed by atoms with Crippen LogP contribution in [-0.4, -0.2) is 69.4 Å². The van der Waals surface area contributed by atoms with Crippen LogP contribution in [0.5, 0.6) is 0 Å². The van der Waals surface area contributed by atoms with Gasteiger partial charge in [0, 0.05) is 0 Å². The van der Waals surface area contributed by atoms with E-state index in [0.717, 1.165) is 6.54 Å². The van der Waals surface area contributed by atoms with E-state index in [0.29, 0.717) is 0 Å². The van der Waals surface area contributed by atoms with Crippen LogP contribution < -0.4 is 5.73 Å². The Kier molecular flexibility index (Phi) is 15.1. The molecule has 0 saturated heterocycles. The summed E-state index contributed by atoms with van der Waals surface area (Å²) in [5.41, 5.74) is 5.27. The van der Waals surface area contributed by atoms with Gasteiger partial charge in [0.2, 0.25) is 0 Å². The Hall–Kier alpha value is -0.570. The fourth-order valence-corrected chi connectivity index (χ4v) is 1.19. The van der Waals surface area contributed by atoms with E-state index in [1.54, 1.807) is 0 Å². The molecule has 0 aromatic heterocycles. The van der Waals surface area contributed by atoms with Gasteiger partial charge in [0.1, 0.15) is 24.4 Å². The van der Waals surface area contributed by atoms with Gasteiger partial charge >= 0.3 is 0 Å². The maximum Gasteiger partial charge on any atom is 0.151 e. The predicted octanol–water partition coefficient (Wildman–Crippen LogP) is -1.85. The number of hydrogen-bond acceptors (Lipinski definition) is 7. The summed E-state index contributed by atoms with van der Waals surface area (Å²) in [5.74, 6) is 0. The molecule has 0 amide bonds. The van der Waals surface area contributed by atoms with Crippen LogP contribution in [0.1, 0.15) is 32.6 Å². The number of aldehydes is 1. The van der Waals surface area contributed by atoms with E-state index in [9.17, 15) is 4.79 Å². The van der Waals surface area contributed by atoms with Crippen molar-refractivity contribution >= 4 is 6.29 Å². The number of aliphatic hydroxyl groups excluding tert-OH is 5. The van der Waals surface area contributed by atoms with Crippen molar-refractivity contribution in [3.05, 3.63) is 0 Å². The second-order valence-corrected chi connectivity index (χ2v) is 4.21. The Bertz CT molecular complexity index is 201. The smallest absolute Gasteiger partial charge is 0.151 e. The molecule has 0 heterocycles. The SMILES string of the molecule is CCCCCCN.O=C[C@H](O)[C@@H](O)[C@H](O)[C@H](O)CO. The summed E-state index contributed by atoms with van der Waals surface area (Å²) in [6.07, 6.45) is -1.67. The molecule has 0 aliphatic rings. The quantitative estimate of drug-likeness (QED) is 0.215. The van der Waals surface area contributed by atoms with Crippen LogP contribution in [0.15, 0.2) is 0 Å². The van der Waals surface area contributed by atoms with Gasteiger partial charge in [0.15, 0.2) is 6.29 Å². The van der Waals surface area contributed by atoms with Gasteiger partial charge in [0.25, 0.3) is 0 Å². The summed E-state index contributed by atoms with van der Waals surface area (Å²) >= 11 is 0. The molecular formula is C12H27NO6. The van der Waals surface area contributed by atoms with Gasteiger partial charge < -0.3 is 36.1 Å². The number of carbonyl (C=O) groups is 1. The second kappa shape index (κ2) is 13.9. The molecule has 7 N–H and O–H groups in total. The molecule has 116 valence electrons. The summed E-state index contributed by atoms with van der Waals surface area (Å²) in [6, 6.07) is 0. The normalized spacial score (nSPS) is 16.8. The van der Waals surface area contributed by atoms with E-state index >= 15 is 0 Å². The van der Waals surface area contributed by atoms with Crippen LogP contribution in [-0.2, 0) is 4.79 Å². The molecule has 7 heteroatoms. The highest BCUT2D eigenvalue weighted by atomic mass is 16.4. The lowest BCUT2D eigenvalue weighted by atomic mass is 10.0. The summed E-state index contributed by atoms with van der Waals surface area (Å²) in [4.78, 5) is 9.90. The molecule has 0 unspecified atom stereocenters. The molecule has 0 rings (SSSR count). The first-order valence-corrected chi connectivity index (χ1v) is 6.44. The lowest BCUT2D eigenvalue weighted by Gasteiger charge is -2.22. The number of rotatable bonds is 9. The first kappa shape index (κ1) is 20.7. The third-order valence-electron chi connectivity index (χ3n) is 2.48. The Morgan fingerprint density at radius 2 is 1.63 bits per heavy atom. The van der Waals surface area contributed by atoms with Crippen molar-refractivity contribution in [2.45, 2.75) is 57.0 Å². The average Bonchev–Trinajstić information content (AvgIpc) is 2.45. The molecule has 0 bridgehead atoms. The Morgan fingerprint density at radius 1 is 1.05 bits per heavy atom. The van der Waals surface area contributed by atoms with Crippen LogP contribution in [0.25, 0.3) is 0 Å². The van der Waals surface area contributed by atoms with Crippen molar-refractivity contribution in [2.75, 3.05) is 13.2 Å². The molecule has 0 radical (unpaired) electrons. The minimum Gasteiger partial charge on any atom is -0.394 e. The average molecular weight is 281 g/mol. The van der Waals surface area contributed by atoms with E-state index in [2.05, 4.69) is 6.92 Å². The van der Waals surface area contributed by atoms with Crippen molar-refractivity contribution in [2.24, 2.45) is 5.73 Å². The number of aliphatic hydroxyl groups is 5. The van der Waals surface area contributed by atoms with E-state index in [1.165, 1.54) is 25.7 Å². The van der Waals surface area contributed by atoms with Crippen molar-refractivity contribution in [3.63, 3.8) is 0 Å². The number of unbranched alkanes of at least 4 members (excludes halogenated alkanes) is 3. The Balaban J connectivity index is 0. The third-order valence-corrected chi connectivity index (χ3v) is 2.48. The summed E-state index contributed by atoms with van der Waals surface area (Å²) in [5, 5.41) is 43.5.